The van der Waals surface area contributed by atoms with Crippen molar-refractivity contribution < 1.29 is 0 Å². The van der Waals surface area contributed by atoms with Crippen LogP contribution in [0.5, 0.6) is 0 Å². The van der Waals surface area contributed by atoms with Gasteiger partial charge in [0, 0.05) is 0 Å². The summed E-state index contributed by atoms with van der Waals surface area (Å²) in [6, 6.07) is 59.0. The first-order chi connectivity index (χ1) is 31.7. The Bertz CT molecular complexity index is 2780. The minimum atomic E-state index is 1.01. The summed E-state index contributed by atoms with van der Waals surface area (Å²) in [7, 11) is 0. The summed E-state index contributed by atoms with van der Waals surface area (Å²) in [6.45, 7) is 34.8. The fourth-order valence-electron chi connectivity index (χ4n) is 7.60. The fraction of sp³-hybridized carbons (Fsp3) is 0.200. The van der Waals surface area contributed by atoms with Crippen LogP contribution in [0.4, 0.5) is 0 Å². The first-order valence-electron chi connectivity index (χ1n) is 23.7. The summed E-state index contributed by atoms with van der Waals surface area (Å²) < 4.78 is 0. The maximum absolute atomic E-state index is 4.27. The molecule has 0 unspecified atom stereocenters. The van der Waals surface area contributed by atoms with Crippen molar-refractivity contribution in [2.24, 2.45) is 0 Å². The van der Waals surface area contributed by atoms with Crippen molar-refractivity contribution in [1.82, 2.24) is 0 Å². The Morgan fingerprint density at radius 2 is 0.908 bits per heavy atom. The molecule has 0 radical (unpaired) electrons. The van der Waals surface area contributed by atoms with Gasteiger partial charge in [-0.15, -0.1) is 0 Å². The lowest BCUT2D eigenvalue weighted by Gasteiger charge is -2.18. The Morgan fingerprint density at radius 1 is 0.446 bits per heavy atom. The second kappa shape index (κ2) is 27.4. The van der Waals surface area contributed by atoms with Gasteiger partial charge in [0.1, 0.15) is 0 Å². The third kappa shape index (κ3) is 13.4. The molecule has 0 nitrogen and oxygen atoms in total. The van der Waals surface area contributed by atoms with Crippen molar-refractivity contribution in [3.8, 4) is 33.4 Å². The molecule has 0 aromatic heterocycles. The van der Waals surface area contributed by atoms with Crippen LogP contribution in [0.25, 0.3) is 76.8 Å². The monoisotopic (exact) mass is 855 g/mol. The molecule has 0 fully saturated rings. The largest absolute Gasteiger partial charge is 0.0988 e. The summed E-state index contributed by atoms with van der Waals surface area (Å²) in [5, 5.41) is 7.61. The molecule has 0 heterocycles. The summed E-state index contributed by atoms with van der Waals surface area (Å²) in [5.41, 5.74) is 16.1. The first kappa shape index (κ1) is 52.6. The van der Waals surface area contributed by atoms with Crippen LogP contribution in [0, 0.1) is 6.92 Å². The highest BCUT2D eigenvalue weighted by atomic mass is 14.2. The summed E-state index contributed by atoms with van der Waals surface area (Å²) in [5.74, 6) is 0. The summed E-state index contributed by atoms with van der Waals surface area (Å²) in [4.78, 5) is 0. The second-order valence-corrected chi connectivity index (χ2v) is 15.0. The Labute approximate surface area is 394 Å². The molecule has 0 bridgehead atoms. The molecule has 334 valence electrons. The molecule has 0 spiro atoms. The van der Waals surface area contributed by atoms with E-state index in [2.05, 4.69) is 224 Å². The molecule has 0 aliphatic heterocycles. The molecule has 0 aliphatic rings. The standard InChI is InChI=1S/C38H30.C19H20.4C2H6/c1-26(2)11-10-12-27(3)28-19-22-30(23-20-28)37-33-15-6-8-17-35(33)38(36-18-9-7-16-34(36)37)32-24-21-29-13-4-5-14-31(29)25-32;1-5-14(2)16(4)19-13-18(12-11-15(19)3)17-9-7-6-8-10-17;4*1-2/h4-25H,3H2,1-2H3;5-13H,1H2,2-4H3;4*1-2H3/b12-10-;16-14+;;;;. The van der Waals surface area contributed by atoms with Crippen LogP contribution < -0.4 is 0 Å². The van der Waals surface area contributed by atoms with Crippen molar-refractivity contribution in [3.05, 3.63) is 229 Å². The Balaban J connectivity index is 0.000000350. The van der Waals surface area contributed by atoms with E-state index in [9.17, 15) is 0 Å². The van der Waals surface area contributed by atoms with E-state index in [1.807, 2.05) is 67.5 Å². The lowest BCUT2D eigenvalue weighted by atomic mass is 9.85. The highest BCUT2D eigenvalue weighted by Gasteiger charge is 2.17. The zero-order valence-corrected chi connectivity index (χ0v) is 41.8. The van der Waals surface area contributed by atoms with Crippen molar-refractivity contribution in [2.75, 3.05) is 0 Å². The molecule has 0 amide bonds. The molecular weight excluding hydrogens is 781 g/mol. The number of rotatable bonds is 8. The van der Waals surface area contributed by atoms with Gasteiger partial charge in [0.05, 0.1) is 0 Å². The normalized spacial score (nSPS) is 10.5. The lowest BCUT2D eigenvalue weighted by Crippen LogP contribution is -1.91. The van der Waals surface area contributed by atoms with Crippen LogP contribution in [0.1, 0.15) is 99.8 Å². The second-order valence-electron chi connectivity index (χ2n) is 15.0. The zero-order valence-electron chi connectivity index (χ0n) is 41.8. The van der Waals surface area contributed by atoms with Gasteiger partial charge >= 0.3 is 0 Å². The molecule has 0 saturated heterocycles. The average Bonchev–Trinajstić information content (AvgIpc) is 3.38. The quantitative estimate of drug-likeness (QED) is 0.106. The molecule has 8 rings (SSSR count). The molecule has 0 N–H and O–H groups in total. The summed E-state index contributed by atoms with van der Waals surface area (Å²) >= 11 is 0. The number of benzene rings is 8. The van der Waals surface area contributed by atoms with Gasteiger partial charge in [-0.3, -0.25) is 0 Å². The first-order valence-corrected chi connectivity index (χ1v) is 23.7. The maximum Gasteiger partial charge on any atom is -0.00262 e. The molecule has 65 heavy (non-hydrogen) atoms. The van der Waals surface area contributed by atoms with E-state index in [4.69, 9.17) is 0 Å². The molecule has 0 aliphatic carbocycles. The van der Waals surface area contributed by atoms with Crippen LogP contribution >= 0.6 is 0 Å². The summed E-state index contributed by atoms with van der Waals surface area (Å²) in [6.07, 6.45) is 8.17. The van der Waals surface area contributed by atoms with Crippen LogP contribution in [0.2, 0.25) is 0 Å². The Kier molecular flexibility index (Phi) is 22.2. The number of fused-ring (bicyclic) bond motifs is 3. The zero-order chi connectivity index (χ0) is 47.9. The van der Waals surface area contributed by atoms with E-state index in [0.29, 0.717) is 0 Å². The van der Waals surface area contributed by atoms with Gasteiger partial charge in [0.15, 0.2) is 0 Å². The van der Waals surface area contributed by atoms with E-state index in [0.717, 1.165) is 11.1 Å². The number of hydrogen-bond donors (Lipinski definition) is 0. The third-order valence-electron chi connectivity index (χ3n) is 10.9. The predicted molar refractivity (Wildman–Crippen MR) is 298 cm³/mol. The van der Waals surface area contributed by atoms with Gasteiger partial charge in [-0.25, -0.2) is 0 Å². The van der Waals surface area contributed by atoms with Gasteiger partial charge < -0.3 is 0 Å². The molecule has 0 saturated carbocycles. The predicted octanol–water partition coefficient (Wildman–Crippen LogP) is 20.8. The van der Waals surface area contributed by atoms with Crippen LogP contribution in [0.15, 0.2) is 212 Å². The van der Waals surface area contributed by atoms with E-state index in [1.54, 1.807) is 0 Å². The molecule has 0 atom stereocenters. The van der Waals surface area contributed by atoms with Crippen molar-refractivity contribution in [3.63, 3.8) is 0 Å². The van der Waals surface area contributed by atoms with E-state index < -0.39 is 0 Å². The topological polar surface area (TPSA) is 0 Å². The van der Waals surface area contributed by atoms with Crippen molar-refractivity contribution in [2.45, 2.75) is 90.0 Å². The van der Waals surface area contributed by atoms with Crippen molar-refractivity contribution in [1.29, 1.82) is 0 Å². The number of hydrogen-bond acceptors (Lipinski definition) is 0. The third-order valence-corrected chi connectivity index (χ3v) is 10.9. The van der Waals surface area contributed by atoms with Gasteiger partial charge in [0.25, 0.3) is 0 Å². The van der Waals surface area contributed by atoms with Gasteiger partial charge in [-0.2, -0.15) is 0 Å². The Hall–Kier alpha value is -6.76. The van der Waals surface area contributed by atoms with Gasteiger partial charge in [-0.1, -0.05) is 250 Å². The van der Waals surface area contributed by atoms with E-state index >= 15 is 0 Å². The highest BCUT2D eigenvalue weighted by Crippen LogP contribution is 2.44. The molecule has 8 aromatic carbocycles. The minimum Gasteiger partial charge on any atom is -0.0988 e. The van der Waals surface area contributed by atoms with Crippen LogP contribution in [-0.2, 0) is 0 Å². The van der Waals surface area contributed by atoms with Gasteiger partial charge in [0.2, 0.25) is 0 Å². The van der Waals surface area contributed by atoms with Crippen LogP contribution in [0.3, 0.4) is 0 Å². The number of allylic oxidation sites excluding steroid dienone is 8. The number of aryl methyl sites for hydroxylation is 1. The minimum absolute atomic E-state index is 1.01. The molecule has 8 aromatic rings. The van der Waals surface area contributed by atoms with E-state index in [-0.39, 0.29) is 0 Å². The highest BCUT2D eigenvalue weighted by molar-refractivity contribution is 6.21. The molecular formula is C65H74. The Morgan fingerprint density at radius 3 is 1.43 bits per heavy atom. The van der Waals surface area contributed by atoms with Crippen molar-refractivity contribution >= 4 is 43.5 Å². The fourth-order valence-corrected chi connectivity index (χ4v) is 7.60. The van der Waals surface area contributed by atoms with E-state index in [1.165, 1.54) is 93.5 Å². The smallest absolute Gasteiger partial charge is 0.00262 e. The van der Waals surface area contributed by atoms with Crippen LogP contribution in [-0.4, -0.2) is 0 Å². The molecule has 0 heteroatoms. The average molecular weight is 855 g/mol. The lowest BCUT2D eigenvalue weighted by molar-refractivity contribution is 1.38. The van der Waals surface area contributed by atoms with Gasteiger partial charge in [-0.05, 0) is 146 Å². The SMILES string of the molecule is C=C(/C=C\C=C(C)C)c1ccc(-c2c3ccccc3c(-c3ccc4ccccc4c3)c3ccccc23)cc1.C=C/C(C)=C(\C)c1cc(-c2ccccc2)ccc1C.CC.CC.CC.CC. The maximum atomic E-state index is 4.27.